The molecule has 116 valence electrons. The molecule has 0 aliphatic rings. The molecule has 0 saturated carbocycles. The van der Waals surface area contributed by atoms with Crippen molar-refractivity contribution in [2.45, 2.75) is 13.8 Å². The van der Waals surface area contributed by atoms with E-state index in [0.29, 0.717) is 5.82 Å². The number of pyridine rings is 1. The van der Waals surface area contributed by atoms with Gasteiger partial charge in [-0.1, -0.05) is 32.0 Å². The molecule has 0 spiro atoms. The molecular formula is C18H18N4O. The lowest BCUT2D eigenvalue weighted by Gasteiger charge is -2.10. The first-order valence-corrected chi connectivity index (χ1v) is 7.52. The summed E-state index contributed by atoms with van der Waals surface area (Å²) in [6.45, 7) is 3.73. The minimum absolute atomic E-state index is 0.0386. The van der Waals surface area contributed by atoms with Gasteiger partial charge in [0.05, 0.1) is 11.4 Å². The fraction of sp³-hybridized carbons (Fsp3) is 0.167. The SMILES string of the molecule is CC(C)C(=O)Nc1cc(-c2ccncc2)nn1-c1ccccc1. The first-order valence-electron chi connectivity index (χ1n) is 7.52. The number of benzene rings is 1. The number of carbonyl (C=O) groups is 1. The van der Waals surface area contributed by atoms with Crippen LogP contribution in [0.3, 0.4) is 0 Å². The highest BCUT2D eigenvalue weighted by Crippen LogP contribution is 2.24. The molecule has 0 radical (unpaired) electrons. The monoisotopic (exact) mass is 306 g/mol. The summed E-state index contributed by atoms with van der Waals surface area (Å²) in [7, 11) is 0. The van der Waals surface area contributed by atoms with Crippen molar-refractivity contribution in [3.63, 3.8) is 0 Å². The maximum atomic E-state index is 12.1. The molecule has 0 unspecified atom stereocenters. The van der Waals surface area contributed by atoms with Gasteiger partial charge in [-0.25, -0.2) is 4.68 Å². The Balaban J connectivity index is 2.05. The number of hydrogen-bond acceptors (Lipinski definition) is 3. The van der Waals surface area contributed by atoms with E-state index in [1.807, 2.05) is 62.4 Å². The number of aromatic nitrogens is 3. The van der Waals surface area contributed by atoms with Gasteiger partial charge < -0.3 is 5.32 Å². The van der Waals surface area contributed by atoms with Gasteiger partial charge in [-0.3, -0.25) is 9.78 Å². The van der Waals surface area contributed by atoms with Crippen molar-refractivity contribution in [2.75, 3.05) is 5.32 Å². The Morgan fingerprint density at radius 3 is 2.43 bits per heavy atom. The number of hydrogen-bond donors (Lipinski definition) is 1. The number of nitrogens with one attached hydrogen (secondary N) is 1. The maximum absolute atomic E-state index is 12.1. The van der Waals surface area contributed by atoms with Crippen LogP contribution in [0.2, 0.25) is 0 Å². The third kappa shape index (κ3) is 3.29. The average Bonchev–Trinajstić information content (AvgIpc) is 3.00. The second kappa shape index (κ2) is 6.44. The molecule has 3 rings (SSSR count). The third-order valence-corrected chi connectivity index (χ3v) is 3.46. The Hall–Kier alpha value is -2.95. The molecule has 1 amide bonds. The van der Waals surface area contributed by atoms with E-state index in [1.54, 1.807) is 17.1 Å². The fourth-order valence-corrected chi connectivity index (χ4v) is 2.17. The minimum Gasteiger partial charge on any atom is -0.310 e. The van der Waals surface area contributed by atoms with Crippen molar-refractivity contribution in [2.24, 2.45) is 5.92 Å². The van der Waals surface area contributed by atoms with Crippen LogP contribution in [-0.4, -0.2) is 20.7 Å². The van der Waals surface area contributed by atoms with Crippen LogP contribution in [0.1, 0.15) is 13.8 Å². The number of rotatable bonds is 4. The zero-order valence-electron chi connectivity index (χ0n) is 13.1. The summed E-state index contributed by atoms with van der Waals surface area (Å²) in [5, 5.41) is 7.58. The van der Waals surface area contributed by atoms with E-state index in [-0.39, 0.29) is 11.8 Å². The number of anilines is 1. The number of nitrogens with zero attached hydrogens (tertiary/aromatic N) is 3. The average molecular weight is 306 g/mol. The molecule has 0 aliphatic heterocycles. The van der Waals surface area contributed by atoms with Crippen molar-refractivity contribution < 1.29 is 4.79 Å². The van der Waals surface area contributed by atoms with E-state index < -0.39 is 0 Å². The van der Waals surface area contributed by atoms with E-state index in [2.05, 4.69) is 15.4 Å². The molecule has 2 heterocycles. The van der Waals surface area contributed by atoms with Crippen LogP contribution in [-0.2, 0) is 4.79 Å². The van der Waals surface area contributed by atoms with Crippen molar-refractivity contribution in [1.82, 2.24) is 14.8 Å². The molecule has 0 aliphatic carbocycles. The van der Waals surface area contributed by atoms with Crippen LogP contribution < -0.4 is 5.32 Å². The highest BCUT2D eigenvalue weighted by atomic mass is 16.1. The predicted octanol–water partition coefficient (Wildman–Crippen LogP) is 3.53. The molecule has 1 aromatic carbocycles. The lowest BCUT2D eigenvalue weighted by molar-refractivity contribution is -0.118. The lowest BCUT2D eigenvalue weighted by Crippen LogP contribution is -2.19. The topological polar surface area (TPSA) is 59.8 Å². The summed E-state index contributed by atoms with van der Waals surface area (Å²) in [5.41, 5.74) is 2.64. The minimum atomic E-state index is -0.0986. The Bertz CT molecular complexity index is 794. The Morgan fingerprint density at radius 1 is 1.09 bits per heavy atom. The first kappa shape index (κ1) is 15.0. The highest BCUT2D eigenvalue weighted by Gasteiger charge is 2.15. The zero-order chi connectivity index (χ0) is 16.2. The molecule has 2 aromatic heterocycles. The van der Waals surface area contributed by atoms with Crippen molar-refractivity contribution in [3.8, 4) is 16.9 Å². The predicted molar refractivity (Wildman–Crippen MR) is 90.3 cm³/mol. The molecule has 5 nitrogen and oxygen atoms in total. The summed E-state index contributed by atoms with van der Waals surface area (Å²) < 4.78 is 1.75. The van der Waals surface area contributed by atoms with E-state index in [4.69, 9.17) is 0 Å². The van der Waals surface area contributed by atoms with Gasteiger partial charge >= 0.3 is 0 Å². The summed E-state index contributed by atoms with van der Waals surface area (Å²) in [5.74, 6) is 0.517. The van der Waals surface area contributed by atoms with Gasteiger partial charge in [0.2, 0.25) is 5.91 Å². The van der Waals surface area contributed by atoms with Crippen molar-refractivity contribution in [3.05, 3.63) is 60.9 Å². The highest BCUT2D eigenvalue weighted by molar-refractivity contribution is 5.92. The fourth-order valence-electron chi connectivity index (χ4n) is 2.17. The van der Waals surface area contributed by atoms with E-state index in [0.717, 1.165) is 16.9 Å². The van der Waals surface area contributed by atoms with Gasteiger partial charge in [-0.2, -0.15) is 5.10 Å². The molecule has 0 atom stereocenters. The first-order chi connectivity index (χ1) is 11.1. The maximum Gasteiger partial charge on any atom is 0.228 e. The van der Waals surface area contributed by atoms with Gasteiger partial charge in [0.15, 0.2) is 0 Å². The number of para-hydroxylation sites is 1. The molecule has 23 heavy (non-hydrogen) atoms. The van der Waals surface area contributed by atoms with Crippen molar-refractivity contribution >= 4 is 11.7 Å². The van der Waals surface area contributed by atoms with E-state index in [9.17, 15) is 4.79 Å². The second-order valence-electron chi connectivity index (χ2n) is 5.54. The third-order valence-electron chi connectivity index (χ3n) is 3.46. The van der Waals surface area contributed by atoms with Crippen LogP contribution in [0.4, 0.5) is 5.82 Å². The number of carbonyl (C=O) groups excluding carboxylic acids is 1. The molecule has 0 saturated heterocycles. The van der Waals surface area contributed by atoms with Gasteiger partial charge in [0, 0.05) is 29.9 Å². The molecule has 0 fully saturated rings. The van der Waals surface area contributed by atoms with Crippen LogP contribution in [0, 0.1) is 5.92 Å². The Kier molecular flexibility index (Phi) is 4.19. The standard InChI is InChI=1S/C18H18N4O/c1-13(2)18(23)20-17-12-16(14-8-10-19-11-9-14)21-22(17)15-6-4-3-5-7-15/h3-13H,1-2H3,(H,20,23). The normalized spacial score (nSPS) is 10.7. The second-order valence-corrected chi connectivity index (χ2v) is 5.54. The van der Waals surface area contributed by atoms with Crippen LogP contribution >= 0.6 is 0 Å². The summed E-state index contributed by atoms with van der Waals surface area (Å²) in [6, 6.07) is 15.4. The van der Waals surface area contributed by atoms with Gasteiger partial charge in [0.1, 0.15) is 5.82 Å². The van der Waals surface area contributed by atoms with Gasteiger partial charge in [-0.15, -0.1) is 0 Å². The Morgan fingerprint density at radius 2 is 1.78 bits per heavy atom. The quantitative estimate of drug-likeness (QED) is 0.802. The number of amides is 1. The molecule has 5 heteroatoms. The molecule has 1 N–H and O–H groups in total. The summed E-state index contributed by atoms with van der Waals surface area (Å²) in [4.78, 5) is 16.1. The zero-order valence-corrected chi connectivity index (χ0v) is 13.1. The van der Waals surface area contributed by atoms with E-state index in [1.165, 1.54) is 0 Å². The largest absolute Gasteiger partial charge is 0.310 e. The van der Waals surface area contributed by atoms with E-state index >= 15 is 0 Å². The molecular weight excluding hydrogens is 288 g/mol. The van der Waals surface area contributed by atoms with Crippen LogP contribution in [0.25, 0.3) is 16.9 Å². The van der Waals surface area contributed by atoms with Crippen LogP contribution in [0.5, 0.6) is 0 Å². The van der Waals surface area contributed by atoms with Gasteiger partial charge in [0.25, 0.3) is 0 Å². The Labute approximate surface area is 135 Å². The lowest BCUT2D eigenvalue weighted by atomic mass is 10.2. The molecule has 3 aromatic rings. The molecule has 0 bridgehead atoms. The summed E-state index contributed by atoms with van der Waals surface area (Å²) >= 11 is 0. The summed E-state index contributed by atoms with van der Waals surface area (Å²) in [6.07, 6.45) is 3.45. The van der Waals surface area contributed by atoms with Crippen molar-refractivity contribution in [1.29, 1.82) is 0 Å². The van der Waals surface area contributed by atoms with Crippen LogP contribution in [0.15, 0.2) is 60.9 Å². The van der Waals surface area contributed by atoms with Gasteiger partial charge in [-0.05, 0) is 24.3 Å². The smallest absolute Gasteiger partial charge is 0.228 e.